The van der Waals surface area contributed by atoms with Crippen LogP contribution in [0.1, 0.15) is 43.1 Å². The SMILES string of the molecule is Cc1nn(-c2ccccc2)c(C)c1[C@@H]1C=C[C@@H](OC(=O)NC(C)C)C1. The van der Waals surface area contributed by atoms with E-state index in [1.165, 1.54) is 5.56 Å². The minimum Gasteiger partial charge on any atom is -0.442 e. The molecule has 1 heterocycles. The number of hydrogen-bond donors (Lipinski definition) is 1. The number of carbonyl (C=O) groups is 1. The van der Waals surface area contributed by atoms with Crippen molar-refractivity contribution < 1.29 is 9.53 Å². The van der Waals surface area contributed by atoms with E-state index in [1.54, 1.807) is 0 Å². The standard InChI is InChI=1S/C20H25N3O2/c1-13(2)21-20(24)25-18-11-10-16(12-18)19-14(3)22-23(15(19)4)17-8-6-5-7-9-17/h5-11,13,16,18H,12H2,1-4H3,(H,21,24)/t16-,18-/m1/s1. The second-order valence-electron chi connectivity index (χ2n) is 6.80. The van der Waals surface area contributed by atoms with E-state index < -0.39 is 0 Å². The largest absolute Gasteiger partial charge is 0.442 e. The first kappa shape index (κ1) is 17.3. The quantitative estimate of drug-likeness (QED) is 0.856. The number of ether oxygens (including phenoxy) is 1. The molecule has 0 fully saturated rings. The van der Waals surface area contributed by atoms with Gasteiger partial charge in [-0.2, -0.15) is 5.10 Å². The molecule has 3 rings (SSSR count). The van der Waals surface area contributed by atoms with E-state index in [-0.39, 0.29) is 24.2 Å². The molecule has 0 spiro atoms. The summed E-state index contributed by atoms with van der Waals surface area (Å²) in [6, 6.07) is 10.2. The van der Waals surface area contributed by atoms with Crippen LogP contribution in [-0.2, 0) is 4.74 Å². The molecule has 132 valence electrons. The number of carbonyl (C=O) groups excluding carboxylic acids is 1. The van der Waals surface area contributed by atoms with Gasteiger partial charge in [-0.1, -0.05) is 24.3 Å². The number of nitrogens with zero attached hydrogens (tertiary/aromatic N) is 2. The highest BCUT2D eigenvalue weighted by molar-refractivity contribution is 5.68. The molecule has 1 aliphatic carbocycles. The molecule has 1 amide bonds. The number of aromatic nitrogens is 2. The Morgan fingerprint density at radius 1 is 1.24 bits per heavy atom. The van der Waals surface area contributed by atoms with E-state index >= 15 is 0 Å². The molecule has 25 heavy (non-hydrogen) atoms. The van der Waals surface area contributed by atoms with Gasteiger partial charge in [0.2, 0.25) is 0 Å². The molecule has 1 aliphatic rings. The predicted molar refractivity (Wildman–Crippen MR) is 98.1 cm³/mol. The van der Waals surface area contributed by atoms with Crippen molar-refractivity contribution in [3.63, 3.8) is 0 Å². The van der Waals surface area contributed by atoms with Gasteiger partial charge in [0, 0.05) is 23.2 Å². The summed E-state index contributed by atoms with van der Waals surface area (Å²) in [6.45, 7) is 7.96. The maximum absolute atomic E-state index is 11.8. The highest BCUT2D eigenvalue weighted by Crippen LogP contribution is 2.34. The molecule has 0 radical (unpaired) electrons. The molecule has 0 saturated heterocycles. The molecule has 0 bridgehead atoms. The van der Waals surface area contributed by atoms with Crippen molar-refractivity contribution in [3.05, 3.63) is 59.4 Å². The minimum atomic E-state index is -0.362. The fraction of sp³-hybridized carbons (Fsp3) is 0.400. The van der Waals surface area contributed by atoms with Crippen molar-refractivity contribution in [1.82, 2.24) is 15.1 Å². The van der Waals surface area contributed by atoms with Gasteiger partial charge in [0.25, 0.3) is 0 Å². The van der Waals surface area contributed by atoms with E-state index in [4.69, 9.17) is 9.84 Å². The van der Waals surface area contributed by atoms with Crippen LogP contribution in [0.25, 0.3) is 5.69 Å². The third-order valence-corrected chi connectivity index (χ3v) is 4.43. The third-order valence-electron chi connectivity index (χ3n) is 4.43. The highest BCUT2D eigenvalue weighted by Gasteiger charge is 2.28. The second-order valence-corrected chi connectivity index (χ2v) is 6.80. The van der Waals surface area contributed by atoms with Crippen molar-refractivity contribution in [2.45, 2.75) is 52.2 Å². The Kier molecular flexibility index (Phi) is 4.93. The van der Waals surface area contributed by atoms with Gasteiger partial charge in [0.1, 0.15) is 6.10 Å². The van der Waals surface area contributed by atoms with Crippen LogP contribution in [-0.4, -0.2) is 28.0 Å². The fourth-order valence-corrected chi connectivity index (χ4v) is 3.39. The third kappa shape index (κ3) is 3.76. The fourth-order valence-electron chi connectivity index (χ4n) is 3.39. The molecule has 2 atom stereocenters. The van der Waals surface area contributed by atoms with Gasteiger partial charge in [-0.05, 0) is 52.3 Å². The van der Waals surface area contributed by atoms with Crippen molar-refractivity contribution in [2.75, 3.05) is 0 Å². The lowest BCUT2D eigenvalue weighted by molar-refractivity contribution is 0.115. The summed E-state index contributed by atoms with van der Waals surface area (Å²) in [5.74, 6) is 0.217. The first-order chi connectivity index (χ1) is 12.0. The van der Waals surface area contributed by atoms with Crippen molar-refractivity contribution in [1.29, 1.82) is 0 Å². The highest BCUT2D eigenvalue weighted by atomic mass is 16.6. The number of rotatable bonds is 4. The summed E-state index contributed by atoms with van der Waals surface area (Å²) < 4.78 is 7.47. The van der Waals surface area contributed by atoms with Crippen molar-refractivity contribution in [3.8, 4) is 5.69 Å². The van der Waals surface area contributed by atoms with Crippen molar-refractivity contribution >= 4 is 6.09 Å². The number of allylic oxidation sites excluding steroid dienone is 1. The lowest BCUT2D eigenvalue weighted by atomic mass is 9.96. The minimum absolute atomic E-state index is 0.0715. The van der Waals surface area contributed by atoms with Crippen LogP contribution in [0.4, 0.5) is 4.79 Å². The summed E-state index contributed by atoms with van der Waals surface area (Å²) in [6.07, 6.45) is 4.30. The Bertz CT molecular complexity index is 778. The lowest BCUT2D eigenvalue weighted by Crippen LogP contribution is -2.33. The first-order valence-electron chi connectivity index (χ1n) is 8.72. The number of para-hydroxylation sites is 1. The monoisotopic (exact) mass is 339 g/mol. The van der Waals surface area contributed by atoms with Crippen molar-refractivity contribution in [2.24, 2.45) is 0 Å². The summed E-state index contributed by atoms with van der Waals surface area (Å²) in [5, 5.41) is 7.47. The molecule has 1 aromatic heterocycles. The summed E-state index contributed by atoms with van der Waals surface area (Å²) in [4.78, 5) is 11.8. The van der Waals surface area contributed by atoms with Gasteiger partial charge < -0.3 is 10.1 Å². The molecule has 1 N–H and O–H groups in total. The molecule has 0 unspecified atom stereocenters. The number of benzene rings is 1. The summed E-state index contributed by atoms with van der Waals surface area (Å²) >= 11 is 0. The molecule has 0 aliphatic heterocycles. The van der Waals surface area contributed by atoms with E-state index in [2.05, 4.69) is 30.4 Å². The van der Waals surface area contributed by atoms with Crippen LogP contribution in [0.2, 0.25) is 0 Å². The summed E-state index contributed by atoms with van der Waals surface area (Å²) in [5.41, 5.74) is 4.42. The average Bonchev–Trinajstić information content (AvgIpc) is 3.11. The Morgan fingerprint density at radius 2 is 1.96 bits per heavy atom. The zero-order valence-electron chi connectivity index (χ0n) is 15.2. The molecule has 1 aromatic carbocycles. The van der Waals surface area contributed by atoms with Crippen LogP contribution < -0.4 is 5.32 Å². The van der Waals surface area contributed by atoms with Crippen LogP contribution in [0.5, 0.6) is 0 Å². The lowest BCUT2D eigenvalue weighted by Gasteiger charge is -2.15. The van der Waals surface area contributed by atoms with E-state index in [0.717, 1.165) is 23.5 Å². The molecular weight excluding hydrogens is 314 g/mol. The maximum atomic E-state index is 11.8. The Balaban J connectivity index is 1.75. The average molecular weight is 339 g/mol. The number of nitrogens with one attached hydrogen (secondary N) is 1. The number of hydrogen-bond acceptors (Lipinski definition) is 3. The first-order valence-corrected chi connectivity index (χ1v) is 8.72. The molecule has 5 nitrogen and oxygen atoms in total. The van der Waals surface area contributed by atoms with Crippen LogP contribution in [0.15, 0.2) is 42.5 Å². The second kappa shape index (κ2) is 7.13. The predicted octanol–water partition coefficient (Wildman–Crippen LogP) is 4.04. The van der Waals surface area contributed by atoms with Crippen LogP contribution in [0, 0.1) is 13.8 Å². The Hall–Kier alpha value is -2.56. The van der Waals surface area contributed by atoms with Crippen LogP contribution in [0.3, 0.4) is 0 Å². The normalized spacial score (nSPS) is 19.4. The number of alkyl carbamates (subject to hydrolysis) is 1. The van der Waals surface area contributed by atoms with Gasteiger partial charge in [-0.3, -0.25) is 0 Å². The summed E-state index contributed by atoms with van der Waals surface area (Å²) in [7, 11) is 0. The molecular formula is C20H25N3O2. The Labute approximate surface area is 148 Å². The number of amides is 1. The zero-order valence-corrected chi connectivity index (χ0v) is 15.2. The van der Waals surface area contributed by atoms with Gasteiger partial charge in [-0.15, -0.1) is 0 Å². The zero-order chi connectivity index (χ0) is 18.0. The van der Waals surface area contributed by atoms with Gasteiger partial charge in [0.15, 0.2) is 0 Å². The molecule has 0 saturated carbocycles. The smallest absolute Gasteiger partial charge is 0.407 e. The number of aryl methyl sites for hydroxylation is 1. The van der Waals surface area contributed by atoms with Crippen LogP contribution >= 0.6 is 0 Å². The van der Waals surface area contributed by atoms with E-state index in [1.807, 2.05) is 49.7 Å². The Morgan fingerprint density at radius 3 is 2.64 bits per heavy atom. The van der Waals surface area contributed by atoms with E-state index in [9.17, 15) is 4.79 Å². The van der Waals surface area contributed by atoms with Gasteiger partial charge in [0.05, 0.1) is 11.4 Å². The topological polar surface area (TPSA) is 56.2 Å². The van der Waals surface area contributed by atoms with Gasteiger partial charge in [-0.25, -0.2) is 9.48 Å². The van der Waals surface area contributed by atoms with E-state index in [0.29, 0.717) is 0 Å². The molecule has 5 heteroatoms. The molecule has 2 aromatic rings. The van der Waals surface area contributed by atoms with Gasteiger partial charge >= 0.3 is 6.09 Å². The maximum Gasteiger partial charge on any atom is 0.407 e.